The zero-order valence-corrected chi connectivity index (χ0v) is 7.28. The van der Waals surface area contributed by atoms with Gasteiger partial charge in [-0.2, -0.15) is 0 Å². The first-order valence-electron chi connectivity index (χ1n) is 3.33. The molecule has 0 amide bonds. The molecule has 4 N–H and O–H groups in total. The van der Waals surface area contributed by atoms with E-state index in [4.69, 9.17) is 20.4 Å². The molecule has 8 heteroatoms. The molecule has 0 atom stereocenters. The third-order valence-corrected chi connectivity index (χ3v) is 0.671. The van der Waals surface area contributed by atoms with Crippen molar-refractivity contribution in [2.24, 2.45) is 0 Å². The lowest BCUT2D eigenvalue weighted by atomic mass is 10.5. The van der Waals surface area contributed by atoms with Crippen LogP contribution in [0.2, 0.25) is 0 Å². The van der Waals surface area contributed by atoms with Gasteiger partial charge in [0.15, 0.2) is 0 Å². The lowest BCUT2D eigenvalue weighted by Gasteiger charge is -1.80. The number of carboxylic acid groups (broad SMARTS) is 4. The Morgan fingerprint density at radius 1 is 0.733 bits per heavy atom. The molecule has 0 aliphatic heterocycles. The number of aliphatic carboxylic acids is 4. The standard InChI is InChI=1S/C4H4O4.C3H4O4/c5-3(6)1-2-4(7)8;4-2(5)1-3(6)7/h1-2H,(H,5,6)(H,7,8);1H2,(H,4,5)(H,6,7)/b2-1+;. The Hall–Kier alpha value is -2.38. The van der Waals surface area contributed by atoms with Crippen molar-refractivity contribution >= 4 is 23.9 Å². The Labute approximate surface area is 83.1 Å². The maximum atomic E-state index is 9.55. The van der Waals surface area contributed by atoms with Crippen molar-refractivity contribution in [2.45, 2.75) is 6.42 Å². The Morgan fingerprint density at radius 3 is 1.07 bits per heavy atom. The van der Waals surface area contributed by atoms with Crippen LogP contribution >= 0.6 is 0 Å². The maximum absolute atomic E-state index is 9.55. The van der Waals surface area contributed by atoms with Gasteiger partial charge in [0.25, 0.3) is 0 Å². The van der Waals surface area contributed by atoms with Crippen molar-refractivity contribution in [3.8, 4) is 0 Å². The summed E-state index contributed by atoms with van der Waals surface area (Å²) in [5, 5.41) is 31.0. The normalized spacial score (nSPS) is 8.80. The summed E-state index contributed by atoms with van der Waals surface area (Å²) >= 11 is 0. The molecular formula is C7H8O8. The second kappa shape index (κ2) is 8.23. The lowest BCUT2D eigenvalue weighted by molar-refractivity contribution is -0.147. The smallest absolute Gasteiger partial charge is 0.328 e. The van der Waals surface area contributed by atoms with Crippen LogP contribution in [-0.4, -0.2) is 44.3 Å². The fraction of sp³-hybridized carbons (Fsp3) is 0.143. The van der Waals surface area contributed by atoms with Crippen molar-refractivity contribution in [1.82, 2.24) is 0 Å². The topological polar surface area (TPSA) is 149 Å². The first-order chi connectivity index (χ1) is 6.75. The second-order valence-corrected chi connectivity index (χ2v) is 1.97. The molecule has 0 spiro atoms. The Morgan fingerprint density at radius 2 is 1.00 bits per heavy atom. The van der Waals surface area contributed by atoms with Crippen molar-refractivity contribution in [3.63, 3.8) is 0 Å². The first-order valence-corrected chi connectivity index (χ1v) is 3.33. The maximum Gasteiger partial charge on any atom is 0.328 e. The van der Waals surface area contributed by atoms with E-state index in [1.807, 2.05) is 0 Å². The third-order valence-electron chi connectivity index (χ3n) is 0.671. The van der Waals surface area contributed by atoms with E-state index >= 15 is 0 Å². The second-order valence-electron chi connectivity index (χ2n) is 1.97. The Balaban J connectivity index is 0. The highest BCUT2D eigenvalue weighted by atomic mass is 16.4. The van der Waals surface area contributed by atoms with Gasteiger partial charge < -0.3 is 20.4 Å². The zero-order valence-electron chi connectivity index (χ0n) is 7.28. The van der Waals surface area contributed by atoms with E-state index in [0.29, 0.717) is 12.2 Å². The molecule has 0 aliphatic carbocycles. The van der Waals surface area contributed by atoms with Crippen LogP contribution in [0.5, 0.6) is 0 Å². The monoisotopic (exact) mass is 220 g/mol. The summed E-state index contributed by atoms with van der Waals surface area (Å²) in [4.78, 5) is 38.0. The number of hydrogen-bond donors (Lipinski definition) is 4. The molecule has 0 heterocycles. The molecular weight excluding hydrogens is 212 g/mol. The van der Waals surface area contributed by atoms with Crippen LogP contribution in [0.4, 0.5) is 0 Å². The van der Waals surface area contributed by atoms with Crippen molar-refractivity contribution in [3.05, 3.63) is 12.2 Å². The summed E-state index contributed by atoms with van der Waals surface area (Å²) in [5.41, 5.74) is 0. The summed E-state index contributed by atoms with van der Waals surface area (Å²) in [6.45, 7) is 0. The average Bonchev–Trinajstić information content (AvgIpc) is 1.99. The van der Waals surface area contributed by atoms with Crippen LogP contribution in [0.15, 0.2) is 12.2 Å². The van der Waals surface area contributed by atoms with E-state index in [2.05, 4.69) is 0 Å². The van der Waals surface area contributed by atoms with E-state index in [-0.39, 0.29) is 0 Å². The molecule has 0 aromatic carbocycles. The third kappa shape index (κ3) is 24.5. The number of carbonyl (C=O) groups is 4. The molecule has 0 aromatic heterocycles. The summed E-state index contributed by atoms with van der Waals surface area (Å²) < 4.78 is 0. The van der Waals surface area contributed by atoms with E-state index in [1.165, 1.54) is 0 Å². The van der Waals surface area contributed by atoms with Crippen molar-refractivity contribution < 1.29 is 39.6 Å². The summed E-state index contributed by atoms with van der Waals surface area (Å²) in [5.74, 6) is -5.14. The highest BCUT2D eigenvalue weighted by Gasteiger charge is 2.01. The van der Waals surface area contributed by atoms with Crippen LogP contribution in [0.25, 0.3) is 0 Å². The van der Waals surface area contributed by atoms with Gasteiger partial charge in [0.1, 0.15) is 6.42 Å². The van der Waals surface area contributed by atoms with Crippen molar-refractivity contribution in [1.29, 1.82) is 0 Å². The molecule has 8 nitrogen and oxygen atoms in total. The highest BCUT2D eigenvalue weighted by Crippen LogP contribution is 1.74. The Kier molecular flexibility index (Phi) is 8.29. The average molecular weight is 220 g/mol. The minimum Gasteiger partial charge on any atom is -0.481 e. The molecule has 0 rings (SSSR count). The van der Waals surface area contributed by atoms with Crippen LogP contribution in [0.1, 0.15) is 6.42 Å². The van der Waals surface area contributed by atoms with Gasteiger partial charge in [0, 0.05) is 12.2 Å². The van der Waals surface area contributed by atoms with Gasteiger partial charge in [-0.1, -0.05) is 0 Å². The predicted molar refractivity (Wildman–Crippen MR) is 44.3 cm³/mol. The van der Waals surface area contributed by atoms with Crippen LogP contribution < -0.4 is 0 Å². The van der Waals surface area contributed by atoms with Gasteiger partial charge in [0.05, 0.1) is 0 Å². The molecule has 0 aromatic rings. The van der Waals surface area contributed by atoms with Crippen LogP contribution in [0, 0.1) is 0 Å². The molecule has 0 fully saturated rings. The van der Waals surface area contributed by atoms with Gasteiger partial charge >= 0.3 is 23.9 Å². The zero-order chi connectivity index (χ0) is 12.4. The molecule has 84 valence electrons. The molecule has 0 radical (unpaired) electrons. The van der Waals surface area contributed by atoms with E-state index < -0.39 is 30.3 Å². The van der Waals surface area contributed by atoms with Gasteiger partial charge in [-0.25, -0.2) is 9.59 Å². The molecule has 0 saturated carbocycles. The molecule has 0 saturated heterocycles. The van der Waals surface area contributed by atoms with Crippen molar-refractivity contribution in [2.75, 3.05) is 0 Å². The largest absolute Gasteiger partial charge is 0.481 e. The number of hydrogen-bond acceptors (Lipinski definition) is 4. The van der Waals surface area contributed by atoms with Gasteiger partial charge in [-0.05, 0) is 0 Å². The molecule has 15 heavy (non-hydrogen) atoms. The van der Waals surface area contributed by atoms with Gasteiger partial charge in [-0.3, -0.25) is 9.59 Å². The fourth-order valence-corrected chi connectivity index (χ4v) is 0.272. The summed E-state index contributed by atoms with van der Waals surface area (Å²) in [6, 6.07) is 0. The van der Waals surface area contributed by atoms with Crippen LogP contribution in [0.3, 0.4) is 0 Å². The SMILES string of the molecule is O=C(O)/C=C/C(=O)O.O=C(O)CC(=O)O. The minimum absolute atomic E-state index is 0.558. The first kappa shape index (κ1) is 15.1. The summed E-state index contributed by atoms with van der Waals surface area (Å²) in [6.07, 6.45) is 0.310. The Bertz CT molecular complexity index is 261. The summed E-state index contributed by atoms with van der Waals surface area (Å²) in [7, 11) is 0. The van der Waals surface area contributed by atoms with Gasteiger partial charge in [-0.15, -0.1) is 0 Å². The predicted octanol–water partition coefficient (Wildman–Crippen LogP) is -0.742. The minimum atomic E-state index is -1.31. The lowest BCUT2D eigenvalue weighted by Crippen LogP contribution is -2.03. The highest BCUT2D eigenvalue weighted by molar-refractivity contribution is 5.89. The van der Waals surface area contributed by atoms with E-state index in [1.54, 1.807) is 0 Å². The fourth-order valence-electron chi connectivity index (χ4n) is 0.272. The molecule has 0 unspecified atom stereocenters. The number of carboxylic acids is 4. The molecule has 0 bridgehead atoms. The van der Waals surface area contributed by atoms with E-state index in [0.717, 1.165) is 0 Å². The van der Waals surface area contributed by atoms with Gasteiger partial charge in [0.2, 0.25) is 0 Å². The number of rotatable bonds is 4. The quantitative estimate of drug-likeness (QED) is 0.357. The van der Waals surface area contributed by atoms with E-state index in [9.17, 15) is 19.2 Å². The van der Waals surface area contributed by atoms with Crippen LogP contribution in [-0.2, 0) is 19.2 Å². The molecule has 0 aliphatic rings.